The molecule has 0 bridgehead atoms. The van der Waals surface area contributed by atoms with Gasteiger partial charge in [-0.05, 0) is 32.0 Å². The molecule has 0 heterocycles. The Morgan fingerprint density at radius 3 is 2.45 bits per heavy atom. The lowest BCUT2D eigenvalue weighted by Gasteiger charge is -2.12. The standard InChI is InChI=1S/C10H15N/c1-8-6-4-5-7-10(8)9(2)11-3/h4-7,9,11H,1-3H3/t9-/m0/s1. The van der Waals surface area contributed by atoms with Crippen LogP contribution in [0.2, 0.25) is 0 Å². The third-order valence-electron chi connectivity index (χ3n) is 2.09. The van der Waals surface area contributed by atoms with Crippen LogP contribution in [0.15, 0.2) is 24.3 Å². The molecule has 0 unspecified atom stereocenters. The summed E-state index contributed by atoms with van der Waals surface area (Å²) in [6, 6.07) is 8.91. The van der Waals surface area contributed by atoms with Crippen LogP contribution in [-0.2, 0) is 0 Å². The first-order chi connectivity index (χ1) is 5.25. The first-order valence-corrected chi connectivity index (χ1v) is 3.98. The van der Waals surface area contributed by atoms with Crippen molar-refractivity contribution < 1.29 is 0 Å². The Morgan fingerprint density at radius 1 is 1.27 bits per heavy atom. The molecule has 0 saturated heterocycles. The molecule has 0 amide bonds. The molecule has 0 spiro atoms. The zero-order chi connectivity index (χ0) is 8.27. The molecule has 0 saturated carbocycles. The number of rotatable bonds is 2. The first-order valence-electron chi connectivity index (χ1n) is 3.98. The normalized spacial score (nSPS) is 13.0. The zero-order valence-electron chi connectivity index (χ0n) is 7.39. The van der Waals surface area contributed by atoms with E-state index in [9.17, 15) is 0 Å². The molecule has 1 heteroatoms. The summed E-state index contributed by atoms with van der Waals surface area (Å²) < 4.78 is 0. The van der Waals surface area contributed by atoms with E-state index in [-0.39, 0.29) is 0 Å². The minimum atomic E-state index is 0.455. The molecule has 1 aromatic carbocycles. The molecule has 11 heavy (non-hydrogen) atoms. The van der Waals surface area contributed by atoms with Gasteiger partial charge >= 0.3 is 0 Å². The van der Waals surface area contributed by atoms with Crippen LogP contribution in [0.1, 0.15) is 24.1 Å². The summed E-state index contributed by atoms with van der Waals surface area (Å²) in [6.45, 7) is 4.31. The molecule has 0 aromatic heterocycles. The van der Waals surface area contributed by atoms with E-state index in [2.05, 4.69) is 43.4 Å². The van der Waals surface area contributed by atoms with E-state index in [0.717, 1.165) is 0 Å². The van der Waals surface area contributed by atoms with Crippen molar-refractivity contribution in [1.29, 1.82) is 0 Å². The van der Waals surface area contributed by atoms with E-state index in [1.165, 1.54) is 11.1 Å². The lowest BCUT2D eigenvalue weighted by molar-refractivity contribution is 0.648. The lowest BCUT2D eigenvalue weighted by Crippen LogP contribution is -2.13. The summed E-state index contributed by atoms with van der Waals surface area (Å²) >= 11 is 0. The average Bonchev–Trinajstić information content (AvgIpc) is 2.04. The first kappa shape index (κ1) is 8.28. The number of hydrogen-bond donors (Lipinski definition) is 1. The molecule has 0 aliphatic rings. The van der Waals surface area contributed by atoms with Crippen LogP contribution in [0.5, 0.6) is 0 Å². The van der Waals surface area contributed by atoms with Gasteiger partial charge in [-0.3, -0.25) is 0 Å². The van der Waals surface area contributed by atoms with Crippen molar-refractivity contribution in [2.75, 3.05) is 7.05 Å². The Hall–Kier alpha value is -0.820. The SMILES string of the molecule is CN[C@@H](C)c1ccccc1C. The number of hydrogen-bond acceptors (Lipinski definition) is 1. The maximum atomic E-state index is 3.22. The van der Waals surface area contributed by atoms with E-state index in [4.69, 9.17) is 0 Å². The van der Waals surface area contributed by atoms with E-state index in [0.29, 0.717) is 6.04 Å². The minimum Gasteiger partial charge on any atom is -0.313 e. The van der Waals surface area contributed by atoms with E-state index < -0.39 is 0 Å². The van der Waals surface area contributed by atoms with Crippen LogP contribution in [0.3, 0.4) is 0 Å². The smallest absolute Gasteiger partial charge is 0.0291 e. The monoisotopic (exact) mass is 149 g/mol. The predicted octanol–water partition coefficient (Wildman–Crippen LogP) is 2.28. The second kappa shape index (κ2) is 3.54. The molecule has 1 N–H and O–H groups in total. The van der Waals surface area contributed by atoms with Crippen LogP contribution in [0.4, 0.5) is 0 Å². The van der Waals surface area contributed by atoms with Crippen LogP contribution < -0.4 is 5.32 Å². The zero-order valence-corrected chi connectivity index (χ0v) is 7.39. The largest absolute Gasteiger partial charge is 0.313 e. The molecule has 1 aromatic rings. The molecular weight excluding hydrogens is 134 g/mol. The summed E-state index contributed by atoms with van der Waals surface area (Å²) in [6.07, 6.45) is 0. The molecule has 1 atom stereocenters. The third kappa shape index (κ3) is 1.81. The Labute approximate surface area is 68.4 Å². The Morgan fingerprint density at radius 2 is 1.91 bits per heavy atom. The summed E-state index contributed by atoms with van der Waals surface area (Å²) in [5.41, 5.74) is 2.74. The lowest BCUT2D eigenvalue weighted by atomic mass is 10.0. The van der Waals surface area contributed by atoms with Crippen LogP contribution in [0.25, 0.3) is 0 Å². The van der Waals surface area contributed by atoms with Gasteiger partial charge in [0.15, 0.2) is 0 Å². The second-order valence-corrected chi connectivity index (χ2v) is 2.87. The molecule has 0 aliphatic heterocycles. The summed E-state index contributed by atoms with van der Waals surface area (Å²) in [5.74, 6) is 0. The predicted molar refractivity (Wildman–Crippen MR) is 48.7 cm³/mol. The van der Waals surface area contributed by atoms with Crippen molar-refractivity contribution in [3.8, 4) is 0 Å². The van der Waals surface area contributed by atoms with Crippen molar-refractivity contribution in [1.82, 2.24) is 5.32 Å². The van der Waals surface area contributed by atoms with Crippen molar-refractivity contribution in [3.63, 3.8) is 0 Å². The highest BCUT2D eigenvalue weighted by Crippen LogP contribution is 2.15. The molecule has 0 aliphatic carbocycles. The highest BCUT2D eigenvalue weighted by Gasteiger charge is 2.02. The van der Waals surface area contributed by atoms with Crippen LogP contribution in [0, 0.1) is 6.92 Å². The number of nitrogens with one attached hydrogen (secondary N) is 1. The fourth-order valence-corrected chi connectivity index (χ4v) is 1.23. The van der Waals surface area contributed by atoms with Gasteiger partial charge in [-0.1, -0.05) is 24.3 Å². The van der Waals surface area contributed by atoms with E-state index in [1.54, 1.807) is 0 Å². The highest BCUT2D eigenvalue weighted by molar-refractivity contribution is 5.27. The highest BCUT2D eigenvalue weighted by atomic mass is 14.9. The summed E-state index contributed by atoms with van der Waals surface area (Å²) in [7, 11) is 1.98. The number of aryl methyl sites for hydroxylation is 1. The molecule has 60 valence electrons. The molecule has 0 radical (unpaired) electrons. The Balaban J connectivity index is 2.93. The summed E-state index contributed by atoms with van der Waals surface area (Å²) in [5, 5.41) is 3.22. The molecule has 1 rings (SSSR count). The fraction of sp³-hybridized carbons (Fsp3) is 0.400. The number of benzene rings is 1. The van der Waals surface area contributed by atoms with Crippen molar-refractivity contribution >= 4 is 0 Å². The van der Waals surface area contributed by atoms with Gasteiger partial charge < -0.3 is 5.32 Å². The van der Waals surface area contributed by atoms with Gasteiger partial charge in [-0.2, -0.15) is 0 Å². The Kier molecular flexibility index (Phi) is 2.66. The van der Waals surface area contributed by atoms with Gasteiger partial charge in [0.25, 0.3) is 0 Å². The van der Waals surface area contributed by atoms with Gasteiger partial charge in [0.05, 0.1) is 0 Å². The summed E-state index contributed by atoms with van der Waals surface area (Å²) in [4.78, 5) is 0. The molecule has 0 fully saturated rings. The van der Waals surface area contributed by atoms with E-state index >= 15 is 0 Å². The quantitative estimate of drug-likeness (QED) is 0.680. The van der Waals surface area contributed by atoms with Gasteiger partial charge in [-0.25, -0.2) is 0 Å². The second-order valence-electron chi connectivity index (χ2n) is 2.87. The topological polar surface area (TPSA) is 12.0 Å². The minimum absolute atomic E-state index is 0.455. The third-order valence-corrected chi connectivity index (χ3v) is 2.09. The average molecular weight is 149 g/mol. The van der Waals surface area contributed by atoms with Crippen molar-refractivity contribution in [2.24, 2.45) is 0 Å². The van der Waals surface area contributed by atoms with Crippen molar-refractivity contribution in [2.45, 2.75) is 19.9 Å². The Bertz CT molecular complexity index is 230. The molecule has 1 nitrogen and oxygen atoms in total. The van der Waals surface area contributed by atoms with Gasteiger partial charge in [0.1, 0.15) is 0 Å². The fourth-order valence-electron chi connectivity index (χ4n) is 1.23. The maximum Gasteiger partial charge on any atom is 0.0291 e. The van der Waals surface area contributed by atoms with Crippen LogP contribution in [-0.4, -0.2) is 7.05 Å². The van der Waals surface area contributed by atoms with Gasteiger partial charge in [0.2, 0.25) is 0 Å². The molecular formula is C10H15N. The van der Waals surface area contributed by atoms with Gasteiger partial charge in [0, 0.05) is 6.04 Å². The van der Waals surface area contributed by atoms with E-state index in [1.807, 2.05) is 7.05 Å². The maximum absolute atomic E-state index is 3.22. The van der Waals surface area contributed by atoms with Crippen LogP contribution >= 0.6 is 0 Å². The van der Waals surface area contributed by atoms with Gasteiger partial charge in [-0.15, -0.1) is 0 Å². The van der Waals surface area contributed by atoms with Crippen molar-refractivity contribution in [3.05, 3.63) is 35.4 Å².